The number of ether oxygens (including phenoxy) is 1. The van der Waals surface area contributed by atoms with Crippen LogP contribution in [0.15, 0.2) is 47.4 Å². The number of aryl methyl sites for hydroxylation is 2. The van der Waals surface area contributed by atoms with Crippen LogP contribution in [0.25, 0.3) is 0 Å². The summed E-state index contributed by atoms with van der Waals surface area (Å²) in [4.78, 5) is 2.52. The number of benzene rings is 2. The molecule has 0 saturated carbocycles. The van der Waals surface area contributed by atoms with Crippen LogP contribution in [-0.2, 0) is 10.0 Å². The summed E-state index contributed by atoms with van der Waals surface area (Å²) in [6, 6.07) is 13.7. The molecule has 0 bridgehead atoms. The molecule has 6 heteroatoms. The number of rotatable bonds is 7. The SMILES string of the molecule is CCCCOc1cc(C)c(C)cc1S(=O)(=O)N1CCN(c2ccccc2)CC1. The van der Waals surface area contributed by atoms with Crippen molar-refractivity contribution >= 4 is 15.7 Å². The van der Waals surface area contributed by atoms with Crippen molar-refractivity contribution in [3.8, 4) is 5.75 Å². The first-order chi connectivity index (χ1) is 13.4. The van der Waals surface area contributed by atoms with Gasteiger partial charge in [-0.05, 0) is 55.7 Å². The van der Waals surface area contributed by atoms with E-state index in [1.165, 1.54) is 0 Å². The number of anilines is 1. The first kappa shape index (κ1) is 20.7. The summed E-state index contributed by atoms with van der Waals surface area (Å²) in [5, 5.41) is 0. The lowest BCUT2D eigenvalue weighted by atomic mass is 10.1. The van der Waals surface area contributed by atoms with Crippen molar-refractivity contribution in [1.82, 2.24) is 4.31 Å². The number of para-hydroxylation sites is 1. The van der Waals surface area contributed by atoms with Gasteiger partial charge in [0.15, 0.2) is 0 Å². The lowest BCUT2D eigenvalue weighted by molar-refractivity contribution is 0.299. The van der Waals surface area contributed by atoms with Gasteiger partial charge in [0, 0.05) is 31.9 Å². The lowest BCUT2D eigenvalue weighted by Gasteiger charge is -2.35. The van der Waals surface area contributed by atoms with Gasteiger partial charge in [0.25, 0.3) is 0 Å². The zero-order valence-corrected chi connectivity index (χ0v) is 17.8. The molecule has 0 aliphatic carbocycles. The van der Waals surface area contributed by atoms with E-state index in [0.717, 1.165) is 29.7 Å². The van der Waals surface area contributed by atoms with Gasteiger partial charge in [-0.3, -0.25) is 0 Å². The fraction of sp³-hybridized carbons (Fsp3) is 0.455. The van der Waals surface area contributed by atoms with Crippen LogP contribution in [0.3, 0.4) is 0 Å². The lowest BCUT2D eigenvalue weighted by Crippen LogP contribution is -2.48. The molecule has 2 aromatic rings. The standard InChI is InChI=1S/C22H30N2O3S/c1-4-5-15-27-21-16-18(2)19(3)17-22(21)28(25,26)24-13-11-23(12-14-24)20-9-7-6-8-10-20/h6-10,16-17H,4-5,11-15H2,1-3H3. The first-order valence-electron chi connectivity index (χ1n) is 9.97. The van der Waals surface area contributed by atoms with Gasteiger partial charge >= 0.3 is 0 Å². The Morgan fingerprint density at radius 2 is 1.61 bits per heavy atom. The number of nitrogens with zero attached hydrogens (tertiary/aromatic N) is 2. The maximum Gasteiger partial charge on any atom is 0.246 e. The van der Waals surface area contributed by atoms with Crippen molar-refractivity contribution in [3.05, 3.63) is 53.6 Å². The van der Waals surface area contributed by atoms with E-state index >= 15 is 0 Å². The molecule has 1 saturated heterocycles. The molecule has 2 aromatic carbocycles. The second kappa shape index (κ2) is 8.97. The van der Waals surface area contributed by atoms with Crippen LogP contribution in [0.4, 0.5) is 5.69 Å². The first-order valence-corrected chi connectivity index (χ1v) is 11.4. The quantitative estimate of drug-likeness (QED) is 0.657. The minimum atomic E-state index is -3.59. The molecule has 1 fully saturated rings. The van der Waals surface area contributed by atoms with Gasteiger partial charge in [0.1, 0.15) is 10.6 Å². The van der Waals surface area contributed by atoms with Crippen LogP contribution in [0, 0.1) is 13.8 Å². The zero-order chi connectivity index (χ0) is 20.1. The second-order valence-electron chi connectivity index (χ2n) is 7.31. The van der Waals surface area contributed by atoms with Crippen molar-refractivity contribution in [2.75, 3.05) is 37.7 Å². The van der Waals surface area contributed by atoms with Crippen LogP contribution in [0.2, 0.25) is 0 Å². The van der Waals surface area contributed by atoms with E-state index < -0.39 is 10.0 Å². The second-order valence-corrected chi connectivity index (χ2v) is 9.22. The molecule has 152 valence electrons. The van der Waals surface area contributed by atoms with Gasteiger partial charge in [-0.15, -0.1) is 0 Å². The summed E-state index contributed by atoms with van der Waals surface area (Å²) in [5.74, 6) is 0.474. The van der Waals surface area contributed by atoms with Gasteiger partial charge in [-0.1, -0.05) is 31.5 Å². The van der Waals surface area contributed by atoms with Gasteiger partial charge in [-0.2, -0.15) is 4.31 Å². The highest BCUT2D eigenvalue weighted by Crippen LogP contribution is 2.31. The largest absolute Gasteiger partial charge is 0.492 e. The van der Waals surface area contributed by atoms with Crippen LogP contribution < -0.4 is 9.64 Å². The monoisotopic (exact) mass is 402 g/mol. The number of hydrogen-bond donors (Lipinski definition) is 0. The summed E-state index contributed by atoms with van der Waals surface area (Å²) >= 11 is 0. The topological polar surface area (TPSA) is 49.9 Å². The van der Waals surface area contributed by atoms with E-state index in [9.17, 15) is 8.42 Å². The van der Waals surface area contributed by atoms with Crippen molar-refractivity contribution in [2.24, 2.45) is 0 Å². The van der Waals surface area contributed by atoms with Crippen LogP contribution in [0.1, 0.15) is 30.9 Å². The van der Waals surface area contributed by atoms with E-state index in [0.29, 0.717) is 43.4 Å². The Bertz CT molecular complexity index is 889. The van der Waals surface area contributed by atoms with Crippen LogP contribution in [0.5, 0.6) is 5.75 Å². The van der Waals surface area contributed by atoms with Crippen molar-refractivity contribution < 1.29 is 13.2 Å². The van der Waals surface area contributed by atoms with Crippen LogP contribution in [-0.4, -0.2) is 45.5 Å². The van der Waals surface area contributed by atoms with Crippen molar-refractivity contribution in [1.29, 1.82) is 0 Å². The van der Waals surface area contributed by atoms with E-state index in [-0.39, 0.29) is 0 Å². The van der Waals surface area contributed by atoms with E-state index in [2.05, 4.69) is 24.0 Å². The molecular weight excluding hydrogens is 372 g/mol. The fourth-order valence-corrected chi connectivity index (χ4v) is 4.99. The molecule has 0 spiro atoms. The van der Waals surface area contributed by atoms with Gasteiger partial charge in [0.2, 0.25) is 10.0 Å². The summed E-state index contributed by atoms with van der Waals surface area (Å²) < 4.78 is 34.2. The smallest absolute Gasteiger partial charge is 0.246 e. The van der Waals surface area contributed by atoms with Gasteiger partial charge in [0.05, 0.1) is 6.61 Å². The normalized spacial score (nSPS) is 15.6. The molecule has 5 nitrogen and oxygen atoms in total. The molecule has 3 rings (SSSR count). The Labute approximate surface area is 169 Å². The number of hydrogen-bond acceptors (Lipinski definition) is 4. The summed E-state index contributed by atoms with van der Waals surface area (Å²) in [6.07, 6.45) is 1.91. The Kier molecular flexibility index (Phi) is 6.62. The molecule has 0 radical (unpaired) electrons. The fourth-order valence-electron chi connectivity index (χ4n) is 3.37. The maximum atomic E-state index is 13.4. The minimum absolute atomic E-state index is 0.292. The number of sulfonamides is 1. The highest BCUT2D eigenvalue weighted by molar-refractivity contribution is 7.89. The molecule has 1 heterocycles. The minimum Gasteiger partial charge on any atom is -0.492 e. The third kappa shape index (κ3) is 4.50. The summed E-state index contributed by atoms with van der Waals surface area (Å²) in [5.41, 5.74) is 3.14. The molecule has 0 unspecified atom stereocenters. The number of piperazine rings is 1. The Hall–Kier alpha value is -2.05. The zero-order valence-electron chi connectivity index (χ0n) is 17.0. The Morgan fingerprint density at radius 1 is 0.964 bits per heavy atom. The predicted molar refractivity (Wildman–Crippen MR) is 114 cm³/mol. The molecule has 0 aromatic heterocycles. The molecule has 0 amide bonds. The predicted octanol–water partition coefficient (Wildman–Crippen LogP) is 3.99. The molecule has 0 atom stereocenters. The van der Waals surface area contributed by atoms with E-state index in [4.69, 9.17) is 4.74 Å². The van der Waals surface area contributed by atoms with E-state index in [1.54, 1.807) is 10.4 Å². The molecule has 1 aliphatic heterocycles. The Balaban J connectivity index is 1.80. The van der Waals surface area contributed by atoms with Crippen molar-refractivity contribution in [3.63, 3.8) is 0 Å². The van der Waals surface area contributed by atoms with Crippen molar-refractivity contribution in [2.45, 2.75) is 38.5 Å². The van der Waals surface area contributed by atoms with Crippen LogP contribution >= 0.6 is 0 Å². The maximum absolute atomic E-state index is 13.4. The summed E-state index contributed by atoms with van der Waals surface area (Å²) in [6.45, 7) is 8.85. The highest BCUT2D eigenvalue weighted by atomic mass is 32.2. The van der Waals surface area contributed by atoms with Gasteiger partial charge < -0.3 is 9.64 Å². The molecule has 28 heavy (non-hydrogen) atoms. The number of unbranched alkanes of at least 4 members (excludes halogenated alkanes) is 1. The van der Waals surface area contributed by atoms with E-state index in [1.807, 2.05) is 38.1 Å². The third-order valence-corrected chi connectivity index (χ3v) is 7.21. The highest BCUT2D eigenvalue weighted by Gasteiger charge is 2.31. The third-order valence-electron chi connectivity index (χ3n) is 5.29. The Morgan fingerprint density at radius 3 is 2.25 bits per heavy atom. The average Bonchev–Trinajstić information content (AvgIpc) is 2.71. The molecular formula is C22H30N2O3S. The molecule has 1 aliphatic rings. The average molecular weight is 403 g/mol. The molecule has 0 N–H and O–H groups in total. The summed E-state index contributed by atoms with van der Waals surface area (Å²) in [7, 11) is -3.59. The van der Waals surface area contributed by atoms with Gasteiger partial charge in [-0.25, -0.2) is 8.42 Å².